The first kappa shape index (κ1) is 58.4. The van der Waals surface area contributed by atoms with E-state index in [1.165, 1.54) is 161 Å². The van der Waals surface area contributed by atoms with Crippen LogP contribution in [0.2, 0.25) is 0 Å². The van der Waals surface area contributed by atoms with Crippen LogP contribution in [-0.2, 0) is 28.6 Å². The smallest absolute Gasteiger partial charge is 0.306 e. The average Bonchev–Trinajstić information content (AvgIpc) is 3.24. The number of carbonyl (C=O) groups excluding carboxylic acids is 3. The molecule has 0 rings (SSSR count). The van der Waals surface area contributed by atoms with E-state index in [2.05, 4.69) is 27.7 Å². The summed E-state index contributed by atoms with van der Waals surface area (Å²) < 4.78 is 18.0. The topological polar surface area (TPSA) is 78.9 Å². The van der Waals surface area contributed by atoms with E-state index in [-0.39, 0.29) is 30.1 Å². The summed E-state index contributed by atoms with van der Waals surface area (Å²) in [6, 6.07) is 0. The zero-order chi connectivity index (χ0) is 43.8. The van der Waals surface area contributed by atoms with Gasteiger partial charge in [0.25, 0.3) is 0 Å². The Morgan fingerprint density at radius 2 is 0.517 bits per heavy atom. The van der Waals surface area contributed by atoms with Gasteiger partial charge in [0.05, 0.1) is 6.61 Å². The first-order valence-electron chi connectivity index (χ1n) is 27.0. The molecule has 2 atom stereocenters. The van der Waals surface area contributed by atoms with E-state index in [0.29, 0.717) is 25.9 Å². The lowest BCUT2D eigenvalue weighted by molar-refractivity contribution is -0.169. The van der Waals surface area contributed by atoms with Gasteiger partial charge in [0.1, 0.15) is 12.2 Å². The molecule has 60 heavy (non-hydrogen) atoms. The van der Waals surface area contributed by atoms with Crippen molar-refractivity contribution in [3.63, 3.8) is 0 Å². The maximum Gasteiger partial charge on any atom is 0.306 e. The second kappa shape index (κ2) is 48.4. The van der Waals surface area contributed by atoms with Crippen molar-refractivity contribution in [1.82, 2.24) is 0 Å². The highest BCUT2D eigenvalue weighted by atomic mass is 16.6. The zero-order valence-electron chi connectivity index (χ0n) is 40.9. The van der Waals surface area contributed by atoms with Gasteiger partial charge in [0, 0.05) is 19.3 Å². The van der Waals surface area contributed by atoms with Crippen LogP contribution in [-0.4, -0.2) is 36.7 Å². The monoisotopic (exact) mass is 849 g/mol. The van der Waals surface area contributed by atoms with Crippen LogP contribution in [0.1, 0.15) is 310 Å². The van der Waals surface area contributed by atoms with Gasteiger partial charge in [-0.1, -0.05) is 240 Å². The Labute approximate surface area is 374 Å². The van der Waals surface area contributed by atoms with Crippen molar-refractivity contribution < 1.29 is 28.6 Å². The molecule has 0 bridgehead atoms. The molecule has 0 spiro atoms. The molecule has 0 heterocycles. The molecule has 0 aromatic rings. The number of ether oxygens (including phenoxy) is 3. The van der Waals surface area contributed by atoms with Crippen LogP contribution in [0.5, 0.6) is 0 Å². The van der Waals surface area contributed by atoms with Gasteiger partial charge in [-0.3, -0.25) is 14.4 Å². The number of carbonyl (C=O) groups is 3. The average molecular weight is 849 g/mol. The molecule has 0 aliphatic heterocycles. The first-order chi connectivity index (χ1) is 29.5. The predicted octanol–water partition coefficient (Wildman–Crippen LogP) is 17.6. The minimum absolute atomic E-state index is 0.0410. The minimum Gasteiger partial charge on any atom is -0.466 e. The van der Waals surface area contributed by atoms with Crippen LogP contribution in [0.25, 0.3) is 0 Å². The molecule has 0 amide bonds. The second-order valence-electron chi connectivity index (χ2n) is 18.5. The lowest BCUT2D eigenvalue weighted by Crippen LogP contribution is -2.35. The highest BCUT2D eigenvalue weighted by molar-refractivity contribution is 5.70. The molecular weight excluding hydrogens is 745 g/mol. The van der Waals surface area contributed by atoms with Crippen molar-refractivity contribution in [3.8, 4) is 0 Å². The Morgan fingerprint density at radius 3 is 0.817 bits per heavy atom. The Bertz CT molecular complexity index is 905. The molecule has 0 aliphatic rings. The SMILES string of the molecule is CCCCCCCCCCCC(=O)OCCCCCCCCC(OC(=O)CCCCCCCCCCC)C(CCCCCCCC)OC(=O)CCCCCCCCCCC. The molecule has 0 aromatic carbocycles. The Hall–Kier alpha value is -1.59. The quantitative estimate of drug-likeness (QED) is 0.0345. The Balaban J connectivity index is 4.91. The van der Waals surface area contributed by atoms with Gasteiger partial charge in [-0.25, -0.2) is 0 Å². The van der Waals surface area contributed by atoms with Gasteiger partial charge in [-0.05, 0) is 51.4 Å². The third-order valence-electron chi connectivity index (χ3n) is 12.4. The maximum absolute atomic E-state index is 13.3. The first-order valence-corrected chi connectivity index (χ1v) is 27.0. The highest BCUT2D eigenvalue weighted by Gasteiger charge is 2.28. The van der Waals surface area contributed by atoms with Gasteiger partial charge in [0.2, 0.25) is 0 Å². The van der Waals surface area contributed by atoms with Gasteiger partial charge < -0.3 is 14.2 Å². The van der Waals surface area contributed by atoms with Crippen LogP contribution in [0.3, 0.4) is 0 Å². The summed E-state index contributed by atoms with van der Waals surface area (Å²) >= 11 is 0. The number of unbranched alkanes of at least 4 members (excludes halogenated alkanes) is 34. The van der Waals surface area contributed by atoms with E-state index in [1.807, 2.05) is 0 Å². The normalized spacial score (nSPS) is 12.4. The minimum atomic E-state index is -0.371. The number of esters is 3. The Morgan fingerprint density at radius 1 is 0.283 bits per heavy atom. The molecule has 356 valence electrons. The summed E-state index contributed by atoms with van der Waals surface area (Å²) in [4.78, 5) is 38.7. The predicted molar refractivity (Wildman–Crippen MR) is 257 cm³/mol. The molecule has 6 heteroatoms. The zero-order valence-corrected chi connectivity index (χ0v) is 40.9. The fraction of sp³-hybridized carbons (Fsp3) is 0.944. The van der Waals surface area contributed by atoms with E-state index in [9.17, 15) is 14.4 Å². The molecular formula is C54H104O6. The largest absolute Gasteiger partial charge is 0.466 e. The van der Waals surface area contributed by atoms with E-state index >= 15 is 0 Å². The standard InChI is InChI=1S/C54H104O6/c1-5-9-13-17-21-24-27-34-40-46-52(55)58-49-43-37-31-30-33-39-45-51(60-54(57)48-42-36-29-26-23-19-15-11-7-3)50(44-38-32-20-16-12-8-4)59-53(56)47-41-35-28-25-22-18-14-10-6-2/h50-51H,5-49H2,1-4H3. The molecule has 0 saturated heterocycles. The molecule has 0 N–H and O–H groups in total. The van der Waals surface area contributed by atoms with Crippen LogP contribution in [0.4, 0.5) is 0 Å². The fourth-order valence-electron chi connectivity index (χ4n) is 8.38. The number of hydrogen-bond acceptors (Lipinski definition) is 6. The van der Waals surface area contributed by atoms with Gasteiger partial charge in [0.15, 0.2) is 0 Å². The number of rotatable bonds is 49. The third-order valence-corrected chi connectivity index (χ3v) is 12.4. The lowest BCUT2D eigenvalue weighted by atomic mass is 9.99. The van der Waals surface area contributed by atoms with Gasteiger partial charge in [-0.2, -0.15) is 0 Å². The van der Waals surface area contributed by atoms with Gasteiger partial charge in [-0.15, -0.1) is 0 Å². The summed E-state index contributed by atoms with van der Waals surface area (Å²) in [5.41, 5.74) is 0. The molecule has 0 aromatic heterocycles. The molecule has 2 unspecified atom stereocenters. The van der Waals surface area contributed by atoms with Crippen LogP contribution >= 0.6 is 0 Å². The summed E-state index contributed by atoms with van der Waals surface area (Å²) in [5, 5.41) is 0. The van der Waals surface area contributed by atoms with E-state index in [0.717, 1.165) is 103 Å². The van der Waals surface area contributed by atoms with Crippen molar-refractivity contribution in [1.29, 1.82) is 0 Å². The summed E-state index contributed by atoms with van der Waals surface area (Å²) in [7, 11) is 0. The maximum atomic E-state index is 13.3. The lowest BCUT2D eigenvalue weighted by Gasteiger charge is -2.27. The van der Waals surface area contributed by atoms with Crippen LogP contribution < -0.4 is 0 Å². The summed E-state index contributed by atoms with van der Waals surface area (Å²) in [6.45, 7) is 9.54. The van der Waals surface area contributed by atoms with Crippen molar-refractivity contribution in [2.24, 2.45) is 0 Å². The molecule has 0 radical (unpaired) electrons. The van der Waals surface area contributed by atoms with Crippen molar-refractivity contribution >= 4 is 17.9 Å². The van der Waals surface area contributed by atoms with Crippen molar-refractivity contribution in [2.75, 3.05) is 6.61 Å². The van der Waals surface area contributed by atoms with Crippen LogP contribution in [0.15, 0.2) is 0 Å². The summed E-state index contributed by atoms with van der Waals surface area (Å²) in [5.74, 6) is -0.290. The molecule has 6 nitrogen and oxygen atoms in total. The van der Waals surface area contributed by atoms with Crippen LogP contribution in [0, 0.1) is 0 Å². The Kier molecular flexibility index (Phi) is 47.2. The van der Waals surface area contributed by atoms with Gasteiger partial charge >= 0.3 is 17.9 Å². The third kappa shape index (κ3) is 43.1. The summed E-state index contributed by atoms with van der Waals surface area (Å²) in [6.07, 6.45) is 48.7. The highest BCUT2D eigenvalue weighted by Crippen LogP contribution is 2.23. The fourth-order valence-corrected chi connectivity index (χ4v) is 8.38. The van der Waals surface area contributed by atoms with Crippen molar-refractivity contribution in [3.05, 3.63) is 0 Å². The second-order valence-corrected chi connectivity index (χ2v) is 18.5. The van der Waals surface area contributed by atoms with E-state index in [4.69, 9.17) is 14.2 Å². The molecule has 0 aliphatic carbocycles. The van der Waals surface area contributed by atoms with Crippen molar-refractivity contribution in [2.45, 2.75) is 322 Å². The van der Waals surface area contributed by atoms with E-state index in [1.54, 1.807) is 0 Å². The van der Waals surface area contributed by atoms with E-state index < -0.39 is 0 Å². The number of hydrogen-bond donors (Lipinski definition) is 0. The molecule has 0 fully saturated rings. The molecule has 0 saturated carbocycles.